The second kappa shape index (κ2) is 22.2. The van der Waals surface area contributed by atoms with Crippen molar-refractivity contribution in [3.63, 3.8) is 0 Å². The summed E-state index contributed by atoms with van der Waals surface area (Å²) in [6.45, 7) is 18.3. The van der Waals surface area contributed by atoms with Crippen LogP contribution in [-0.4, -0.2) is 80.3 Å². The monoisotopic (exact) mass is 1130 g/mol. The van der Waals surface area contributed by atoms with Gasteiger partial charge in [-0.3, -0.25) is 24.0 Å². The fraction of sp³-hybridized carbons (Fsp3) is 0.912. The van der Waals surface area contributed by atoms with Gasteiger partial charge in [-0.05, 0) is 251 Å². The third-order valence-corrected chi connectivity index (χ3v) is 26.7. The summed E-state index contributed by atoms with van der Waals surface area (Å²) in [4.78, 5) is 56.2. The van der Waals surface area contributed by atoms with Gasteiger partial charge in [-0.25, -0.2) is 0 Å². The molecule has 13 nitrogen and oxygen atoms in total. The van der Waals surface area contributed by atoms with Crippen LogP contribution < -0.4 is 0 Å². The van der Waals surface area contributed by atoms with Gasteiger partial charge in [-0.15, -0.1) is 0 Å². The first kappa shape index (κ1) is 59.5. The predicted octanol–water partition coefficient (Wildman–Crippen LogP) is 12.3. The average molecular weight is 1130 g/mol. The number of nitrogens with zero attached hydrogens (tertiary/aromatic N) is 1. The topological polar surface area (TPSA) is 196 Å². The second-order valence-electron chi connectivity index (χ2n) is 30.8. The minimum absolute atomic E-state index is 0.0797. The highest BCUT2D eigenvalue weighted by Crippen LogP contribution is 2.68. The third kappa shape index (κ3) is 10.6. The Bertz CT molecular complexity index is 2440. The zero-order valence-electron chi connectivity index (χ0n) is 51.2. The zero-order chi connectivity index (χ0) is 57.9. The van der Waals surface area contributed by atoms with Crippen LogP contribution in [0.25, 0.3) is 0 Å². The molecule has 0 aromatic rings. The molecule has 0 saturated heterocycles. The third-order valence-electron chi connectivity index (χ3n) is 26.7. The summed E-state index contributed by atoms with van der Waals surface area (Å²) in [5, 5.41) is 28.6. The van der Waals surface area contributed by atoms with Crippen molar-refractivity contribution in [2.24, 2.45) is 124 Å². The number of aliphatic hydroxyl groups is 2. The SMILES string of the molecule is CC(=O)OC1(C)CC2CC1C1CC(C#N)CC21.CC(=O)OC1(C)CC2CC1C1CC(O)CC21.CC(=O)OC1(C)CC2CC1C1CCCC21.CCC1(OC(C)=O)CC2CC1C1CC(O)CC21.CCC1(OC(C)=O)CC2CC1C1CCCC21. The highest BCUT2D eigenvalue weighted by molar-refractivity contribution is 5.68. The van der Waals surface area contributed by atoms with Crippen LogP contribution in [0.5, 0.6) is 0 Å². The van der Waals surface area contributed by atoms with Crippen LogP contribution in [0.15, 0.2) is 0 Å². The van der Waals surface area contributed by atoms with E-state index in [0.29, 0.717) is 76.9 Å². The molecule has 15 aliphatic carbocycles. The molecule has 15 fully saturated rings. The number of carbonyl (C=O) groups is 5. The van der Waals surface area contributed by atoms with Gasteiger partial charge in [-0.1, -0.05) is 26.7 Å². The molecule has 28 atom stereocenters. The summed E-state index contributed by atoms with van der Waals surface area (Å²) >= 11 is 0. The van der Waals surface area contributed by atoms with E-state index < -0.39 is 0 Å². The van der Waals surface area contributed by atoms with Crippen molar-refractivity contribution in [3.05, 3.63) is 0 Å². The fourth-order valence-corrected chi connectivity index (χ4v) is 24.8. The smallest absolute Gasteiger partial charge is 0.303 e. The van der Waals surface area contributed by atoms with Crippen molar-refractivity contribution in [1.82, 2.24) is 0 Å². The maximum atomic E-state index is 11.3. The summed E-state index contributed by atoms with van der Waals surface area (Å²) in [5.41, 5.74) is -0.907. The van der Waals surface area contributed by atoms with E-state index >= 15 is 0 Å². The largest absolute Gasteiger partial charge is 0.459 e. The Morgan fingerprint density at radius 3 is 1.09 bits per heavy atom. The zero-order valence-corrected chi connectivity index (χ0v) is 51.2. The van der Waals surface area contributed by atoms with Gasteiger partial charge >= 0.3 is 29.8 Å². The van der Waals surface area contributed by atoms with Crippen molar-refractivity contribution in [2.75, 3.05) is 0 Å². The van der Waals surface area contributed by atoms with E-state index in [4.69, 9.17) is 28.9 Å². The maximum absolute atomic E-state index is 11.3. The predicted molar refractivity (Wildman–Crippen MR) is 303 cm³/mol. The molecule has 0 heterocycles. The number of ether oxygens (including phenoxy) is 5. The van der Waals surface area contributed by atoms with Crippen molar-refractivity contribution in [3.8, 4) is 6.07 Å². The Morgan fingerprint density at radius 1 is 0.395 bits per heavy atom. The van der Waals surface area contributed by atoms with Gasteiger partial charge in [0.05, 0.1) is 18.3 Å². The number of fused-ring (bicyclic) bond motifs is 25. The lowest BCUT2D eigenvalue weighted by atomic mass is 9.71. The van der Waals surface area contributed by atoms with E-state index in [0.717, 1.165) is 125 Å². The molecule has 15 saturated carbocycles. The van der Waals surface area contributed by atoms with E-state index in [1.54, 1.807) is 13.8 Å². The number of rotatable bonds is 7. The van der Waals surface area contributed by atoms with Crippen LogP contribution in [0.1, 0.15) is 223 Å². The Kier molecular flexibility index (Phi) is 16.3. The minimum atomic E-state index is -0.248. The maximum Gasteiger partial charge on any atom is 0.303 e. The molecule has 0 amide bonds. The number of carbonyl (C=O) groups excluding carboxylic acids is 5. The standard InChI is InChI=1S/C14H19NO2.C14H22O3.C14H22O2.C13H20O3.C13H20O2/c1-8(16)17-14(2)6-10-5-13(14)12-4-9(7-15)3-11(10)12;1-3-14(17-8(2)15)7-9-4-13(14)12-6-10(16)5-11(9)12;1-3-14(16-9(2)15)8-10-7-13(14)12-6-4-5-11(10)12;1-7(14)16-13(2)6-8-3-12(13)11-5-9(15)4-10(8)11;1-8(14)15-13(2)7-9-6-12(13)11-5-3-4-10(9)11/h9-13H,3-6H2,1-2H3;9-13,16H,3-7H2,1-2H3;10-13H,3-8H2,1-2H3;8-12,15H,3-6H2,1-2H3;9-12H,3-7H2,1-2H3. The lowest BCUT2D eigenvalue weighted by molar-refractivity contribution is -0.168. The molecular weight excluding hydrogens is 1020 g/mol. The molecular formula is C68H103NO12. The molecule has 0 aromatic heterocycles. The lowest BCUT2D eigenvalue weighted by Crippen LogP contribution is -2.44. The Morgan fingerprint density at radius 2 is 0.679 bits per heavy atom. The van der Waals surface area contributed by atoms with Gasteiger partial charge in [0.15, 0.2) is 0 Å². The fourth-order valence-electron chi connectivity index (χ4n) is 24.8. The molecule has 2 N–H and O–H groups in total. The van der Waals surface area contributed by atoms with Crippen LogP contribution >= 0.6 is 0 Å². The summed E-state index contributed by atoms with van der Waals surface area (Å²) in [6, 6.07) is 2.42. The summed E-state index contributed by atoms with van der Waals surface area (Å²) in [6.07, 6.45) is 27.6. The van der Waals surface area contributed by atoms with Gasteiger partial charge < -0.3 is 33.9 Å². The number of nitriles is 1. The molecule has 13 heteroatoms. The summed E-state index contributed by atoms with van der Waals surface area (Å²) in [5.74, 6) is 13.8. The Labute approximate surface area is 484 Å². The lowest BCUT2D eigenvalue weighted by Gasteiger charge is -2.41. The molecule has 0 spiro atoms. The van der Waals surface area contributed by atoms with Crippen molar-refractivity contribution in [1.29, 1.82) is 5.26 Å². The number of esters is 5. The first-order valence-corrected chi connectivity index (χ1v) is 33.1. The molecule has 81 heavy (non-hydrogen) atoms. The number of hydrogen-bond donors (Lipinski definition) is 2. The van der Waals surface area contributed by atoms with Crippen LogP contribution in [0.3, 0.4) is 0 Å². The molecule has 15 rings (SSSR count). The van der Waals surface area contributed by atoms with E-state index in [1.165, 1.54) is 91.4 Å². The molecule has 28 unspecified atom stereocenters. The quantitative estimate of drug-likeness (QED) is 0.181. The van der Waals surface area contributed by atoms with Crippen LogP contribution in [0.4, 0.5) is 0 Å². The van der Waals surface area contributed by atoms with Gasteiger partial charge in [0.25, 0.3) is 0 Å². The molecule has 452 valence electrons. The highest BCUT2D eigenvalue weighted by atomic mass is 16.6. The minimum Gasteiger partial charge on any atom is -0.459 e. The van der Waals surface area contributed by atoms with Crippen LogP contribution in [0.2, 0.25) is 0 Å². The number of hydrogen-bond acceptors (Lipinski definition) is 13. The molecule has 0 radical (unpaired) electrons. The van der Waals surface area contributed by atoms with Gasteiger partial charge in [-0.2, -0.15) is 5.26 Å². The molecule has 10 bridgehead atoms. The average Bonchev–Trinajstić information content (AvgIpc) is 2.55. The first-order valence-electron chi connectivity index (χ1n) is 33.1. The van der Waals surface area contributed by atoms with Gasteiger partial charge in [0.2, 0.25) is 0 Å². The summed E-state index contributed by atoms with van der Waals surface area (Å²) < 4.78 is 28.2. The van der Waals surface area contributed by atoms with Gasteiger partial charge in [0.1, 0.15) is 28.0 Å². The Balaban J connectivity index is 0.000000107. The Hall–Kier alpha value is -3.24. The van der Waals surface area contributed by atoms with E-state index in [-0.39, 0.29) is 76.0 Å². The molecule has 15 aliphatic rings. The van der Waals surface area contributed by atoms with E-state index in [9.17, 15) is 34.2 Å². The molecule has 0 aliphatic heterocycles. The number of aliphatic hydroxyl groups excluding tert-OH is 2. The van der Waals surface area contributed by atoms with Gasteiger partial charge in [0, 0.05) is 70.1 Å². The van der Waals surface area contributed by atoms with E-state index in [2.05, 4.69) is 40.7 Å². The van der Waals surface area contributed by atoms with Crippen molar-refractivity contribution in [2.45, 2.75) is 264 Å². The van der Waals surface area contributed by atoms with Crippen LogP contribution in [-0.2, 0) is 47.7 Å². The molecule has 0 aromatic carbocycles. The van der Waals surface area contributed by atoms with Crippen molar-refractivity contribution < 1.29 is 57.9 Å². The van der Waals surface area contributed by atoms with Crippen LogP contribution in [0, 0.1) is 136 Å². The van der Waals surface area contributed by atoms with E-state index in [1.807, 2.05) is 0 Å². The first-order chi connectivity index (χ1) is 38.3. The normalized spacial score (nSPS) is 51.6. The van der Waals surface area contributed by atoms with Crippen molar-refractivity contribution >= 4 is 29.8 Å². The summed E-state index contributed by atoms with van der Waals surface area (Å²) in [7, 11) is 0. The highest BCUT2D eigenvalue weighted by Gasteiger charge is 2.66. The second-order valence-corrected chi connectivity index (χ2v) is 30.8.